The molecule has 1 nitrogen and oxygen atoms in total. The van der Waals surface area contributed by atoms with Gasteiger partial charge in [-0.15, -0.1) is 0 Å². The summed E-state index contributed by atoms with van der Waals surface area (Å²) in [7, 11) is 1.69. The first-order valence-corrected chi connectivity index (χ1v) is 6.45. The number of likely N-dealkylation sites (N-methyl/N-ethyl adjacent to an activating group) is 1. The Kier molecular flexibility index (Phi) is 4.68. The lowest BCUT2D eigenvalue weighted by Gasteiger charge is -2.17. The SMILES string of the molecule is CNC(Cc1cc(F)ccc1F)c1ccc(F)c(Cl)c1. The van der Waals surface area contributed by atoms with Crippen LogP contribution in [0.25, 0.3) is 0 Å². The predicted molar refractivity (Wildman–Crippen MR) is 73.3 cm³/mol. The monoisotopic (exact) mass is 299 g/mol. The Balaban J connectivity index is 2.28. The molecule has 0 saturated carbocycles. The molecule has 0 aromatic heterocycles. The van der Waals surface area contributed by atoms with E-state index in [1.54, 1.807) is 13.1 Å². The van der Waals surface area contributed by atoms with Gasteiger partial charge in [0.2, 0.25) is 0 Å². The van der Waals surface area contributed by atoms with Gasteiger partial charge in [-0.05, 0) is 54.9 Å². The molecule has 106 valence electrons. The van der Waals surface area contributed by atoms with Gasteiger partial charge in [0.1, 0.15) is 17.5 Å². The Bertz CT molecular complexity index is 616. The number of benzene rings is 2. The van der Waals surface area contributed by atoms with Gasteiger partial charge in [0.15, 0.2) is 0 Å². The zero-order chi connectivity index (χ0) is 14.7. The maximum Gasteiger partial charge on any atom is 0.141 e. The van der Waals surface area contributed by atoms with E-state index in [-0.39, 0.29) is 23.0 Å². The summed E-state index contributed by atoms with van der Waals surface area (Å²) in [6, 6.07) is 7.34. The van der Waals surface area contributed by atoms with Crippen LogP contribution in [0.4, 0.5) is 13.2 Å². The molecular formula is C15H13ClF3N. The van der Waals surface area contributed by atoms with Crippen LogP contribution in [0.5, 0.6) is 0 Å². The average molecular weight is 300 g/mol. The Morgan fingerprint density at radius 1 is 1.05 bits per heavy atom. The van der Waals surface area contributed by atoms with Crippen LogP contribution >= 0.6 is 11.6 Å². The fraction of sp³-hybridized carbons (Fsp3) is 0.200. The minimum Gasteiger partial charge on any atom is -0.313 e. The zero-order valence-electron chi connectivity index (χ0n) is 10.8. The molecule has 0 bridgehead atoms. The summed E-state index contributed by atoms with van der Waals surface area (Å²) in [4.78, 5) is 0. The maximum atomic E-state index is 13.6. The second-order valence-corrected chi connectivity index (χ2v) is 4.86. The number of rotatable bonds is 4. The van der Waals surface area contributed by atoms with Crippen molar-refractivity contribution in [1.82, 2.24) is 5.32 Å². The van der Waals surface area contributed by atoms with Crippen LogP contribution in [0.2, 0.25) is 5.02 Å². The van der Waals surface area contributed by atoms with E-state index in [1.165, 1.54) is 12.1 Å². The smallest absolute Gasteiger partial charge is 0.141 e. The average Bonchev–Trinajstić information content (AvgIpc) is 2.43. The molecule has 0 fully saturated rings. The lowest BCUT2D eigenvalue weighted by Crippen LogP contribution is -2.19. The summed E-state index contributed by atoms with van der Waals surface area (Å²) in [5, 5.41) is 2.99. The van der Waals surface area contributed by atoms with Gasteiger partial charge in [-0.3, -0.25) is 0 Å². The fourth-order valence-corrected chi connectivity index (χ4v) is 2.22. The number of halogens is 4. The largest absolute Gasteiger partial charge is 0.313 e. The lowest BCUT2D eigenvalue weighted by atomic mass is 9.98. The molecule has 20 heavy (non-hydrogen) atoms. The normalized spacial score (nSPS) is 12.4. The first-order valence-electron chi connectivity index (χ1n) is 6.07. The van der Waals surface area contributed by atoms with Gasteiger partial charge in [-0.2, -0.15) is 0 Å². The van der Waals surface area contributed by atoms with Gasteiger partial charge in [-0.25, -0.2) is 13.2 Å². The van der Waals surface area contributed by atoms with Crippen LogP contribution in [0, 0.1) is 17.5 Å². The third kappa shape index (κ3) is 3.32. The molecule has 0 saturated heterocycles. The lowest BCUT2D eigenvalue weighted by molar-refractivity contribution is 0.542. The van der Waals surface area contributed by atoms with E-state index in [1.807, 2.05) is 0 Å². The Hall–Kier alpha value is -1.52. The Labute approximate surface area is 120 Å². The molecule has 0 aliphatic heterocycles. The van der Waals surface area contributed by atoms with Crippen LogP contribution in [-0.2, 0) is 6.42 Å². The van der Waals surface area contributed by atoms with Crippen LogP contribution < -0.4 is 5.32 Å². The third-order valence-electron chi connectivity index (χ3n) is 3.13. The molecule has 2 aromatic rings. The van der Waals surface area contributed by atoms with Crippen molar-refractivity contribution >= 4 is 11.6 Å². The molecule has 1 N–H and O–H groups in total. The molecule has 5 heteroatoms. The van der Waals surface area contributed by atoms with Gasteiger partial charge in [0.25, 0.3) is 0 Å². The van der Waals surface area contributed by atoms with Crippen molar-refractivity contribution in [2.24, 2.45) is 0 Å². The predicted octanol–water partition coefficient (Wildman–Crippen LogP) is 4.26. The van der Waals surface area contributed by atoms with Crippen LogP contribution in [0.1, 0.15) is 17.2 Å². The Morgan fingerprint density at radius 3 is 2.40 bits per heavy atom. The van der Waals surface area contributed by atoms with Crippen molar-refractivity contribution in [1.29, 1.82) is 0 Å². The molecule has 0 heterocycles. The van der Waals surface area contributed by atoms with Crippen molar-refractivity contribution < 1.29 is 13.2 Å². The fourth-order valence-electron chi connectivity index (χ4n) is 2.04. The van der Waals surface area contributed by atoms with Crippen LogP contribution in [0.15, 0.2) is 36.4 Å². The first kappa shape index (κ1) is 14.9. The Morgan fingerprint density at radius 2 is 1.75 bits per heavy atom. The van der Waals surface area contributed by atoms with Crippen molar-refractivity contribution in [2.45, 2.75) is 12.5 Å². The van der Waals surface area contributed by atoms with Crippen molar-refractivity contribution in [3.63, 3.8) is 0 Å². The highest BCUT2D eigenvalue weighted by Gasteiger charge is 2.15. The second kappa shape index (κ2) is 6.29. The highest BCUT2D eigenvalue weighted by atomic mass is 35.5. The summed E-state index contributed by atoms with van der Waals surface area (Å²) in [6.45, 7) is 0. The van der Waals surface area contributed by atoms with E-state index >= 15 is 0 Å². The van der Waals surface area contributed by atoms with Crippen molar-refractivity contribution in [3.05, 3.63) is 70.0 Å². The minimum absolute atomic E-state index is 0.00228. The molecular weight excluding hydrogens is 287 g/mol. The van der Waals surface area contributed by atoms with Crippen LogP contribution in [0.3, 0.4) is 0 Å². The zero-order valence-corrected chi connectivity index (χ0v) is 11.5. The van der Waals surface area contributed by atoms with Gasteiger partial charge in [-0.1, -0.05) is 17.7 Å². The van der Waals surface area contributed by atoms with Crippen LogP contribution in [-0.4, -0.2) is 7.05 Å². The molecule has 0 amide bonds. The summed E-state index contributed by atoms with van der Waals surface area (Å²) < 4.78 is 40.0. The standard InChI is InChI=1S/C15H13ClF3N/c1-20-15(9-2-4-14(19)12(16)7-9)8-10-6-11(17)3-5-13(10)18/h2-7,15,20H,8H2,1H3. The van der Waals surface area contributed by atoms with E-state index in [0.717, 1.165) is 18.2 Å². The van der Waals surface area contributed by atoms with E-state index < -0.39 is 17.5 Å². The van der Waals surface area contributed by atoms with Crippen molar-refractivity contribution in [3.8, 4) is 0 Å². The molecule has 1 unspecified atom stereocenters. The molecule has 0 spiro atoms. The molecule has 0 aliphatic carbocycles. The van der Waals surface area contributed by atoms with E-state index in [9.17, 15) is 13.2 Å². The maximum absolute atomic E-state index is 13.6. The van der Waals surface area contributed by atoms with Gasteiger partial charge < -0.3 is 5.32 Å². The molecule has 0 radical (unpaired) electrons. The highest BCUT2D eigenvalue weighted by molar-refractivity contribution is 6.30. The molecule has 2 aromatic carbocycles. The highest BCUT2D eigenvalue weighted by Crippen LogP contribution is 2.24. The number of nitrogens with one attached hydrogen (secondary N) is 1. The van der Waals surface area contributed by atoms with Gasteiger partial charge >= 0.3 is 0 Å². The number of hydrogen-bond acceptors (Lipinski definition) is 1. The molecule has 0 aliphatic rings. The topological polar surface area (TPSA) is 12.0 Å². The van der Waals surface area contributed by atoms with Gasteiger partial charge in [0, 0.05) is 6.04 Å². The quantitative estimate of drug-likeness (QED) is 0.889. The van der Waals surface area contributed by atoms with E-state index in [2.05, 4.69) is 5.32 Å². The summed E-state index contributed by atoms with van der Waals surface area (Å²) in [5.41, 5.74) is 0.965. The third-order valence-corrected chi connectivity index (χ3v) is 3.42. The van der Waals surface area contributed by atoms with Gasteiger partial charge in [0.05, 0.1) is 5.02 Å². The van der Waals surface area contributed by atoms with Crippen molar-refractivity contribution in [2.75, 3.05) is 7.05 Å². The molecule has 1 atom stereocenters. The summed E-state index contributed by atoms with van der Waals surface area (Å²) in [6.07, 6.45) is 0.238. The van der Waals surface area contributed by atoms with E-state index in [0.29, 0.717) is 5.56 Å². The summed E-state index contributed by atoms with van der Waals surface area (Å²) >= 11 is 5.74. The minimum atomic E-state index is -0.512. The summed E-state index contributed by atoms with van der Waals surface area (Å²) in [5.74, 6) is -1.48. The number of hydrogen-bond donors (Lipinski definition) is 1. The second-order valence-electron chi connectivity index (χ2n) is 4.45. The molecule has 2 rings (SSSR count). The van der Waals surface area contributed by atoms with E-state index in [4.69, 9.17) is 11.6 Å². The first-order chi connectivity index (χ1) is 9.51.